The molecule has 8 heteroatoms. The van der Waals surface area contributed by atoms with E-state index in [1.54, 1.807) is 0 Å². The molecule has 3 fully saturated rings. The van der Waals surface area contributed by atoms with Crippen LogP contribution in [0, 0.1) is 5.92 Å². The van der Waals surface area contributed by atoms with Crippen molar-refractivity contribution in [3.8, 4) is 0 Å². The minimum atomic E-state index is -0.417. The third-order valence-corrected chi connectivity index (χ3v) is 7.01. The average molecular weight is 402 g/mol. The molecular formula is C21H35BN4O3. The number of piperidine rings is 1. The Balaban J connectivity index is 1.39. The number of aliphatic hydroxyl groups excluding tert-OH is 1. The van der Waals surface area contributed by atoms with Crippen LogP contribution in [-0.4, -0.2) is 77.1 Å². The number of likely N-dealkylation sites (tertiary alicyclic amines) is 1. The summed E-state index contributed by atoms with van der Waals surface area (Å²) in [7, 11) is -0.417. The summed E-state index contributed by atoms with van der Waals surface area (Å²) in [6, 6.07) is 0.577. The normalized spacial score (nSPS) is 24.8. The fourth-order valence-electron chi connectivity index (χ4n) is 4.17. The van der Waals surface area contributed by atoms with Crippen LogP contribution in [0.5, 0.6) is 0 Å². The van der Waals surface area contributed by atoms with E-state index in [9.17, 15) is 0 Å². The van der Waals surface area contributed by atoms with Crippen LogP contribution in [0.3, 0.4) is 0 Å². The molecule has 1 aromatic heterocycles. The Morgan fingerprint density at radius 1 is 1.07 bits per heavy atom. The van der Waals surface area contributed by atoms with Gasteiger partial charge in [0.15, 0.2) is 0 Å². The Hall–Kier alpha value is -1.22. The molecule has 4 rings (SSSR count). The zero-order valence-corrected chi connectivity index (χ0v) is 18.3. The Morgan fingerprint density at radius 2 is 1.66 bits per heavy atom. The van der Waals surface area contributed by atoms with Gasteiger partial charge in [0.05, 0.1) is 17.8 Å². The molecule has 29 heavy (non-hydrogen) atoms. The monoisotopic (exact) mass is 402 g/mol. The first-order valence-electron chi connectivity index (χ1n) is 11.1. The van der Waals surface area contributed by atoms with E-state index in [0.717, 1.165) is 37.6 Å². The van der Waals surface area contributed by atoms with Gasteiger partial charge in [0.1, 0.15) is 0 Å². The van der Waals surface area contributed by atoms with Crippen molar-refractivity contribution in [2.24, 2.45) is 5.92 Å². The van der Waals surface area contributed by atoms with E-state index in [4.69, 9.17) is 24.4 Å². The molecule has 1 aliphatic carbocycles. The van der Waals surface area contributed by atoms with E-state index < -0.39 is 7.12 Å². The van der Waals surface area contributed by atoms with Crippen LogP contribution in [0.4, 0.5) is 5.95 Å². The molecule has 0 radical (unpaired) electrons. The molecule has 3 aliphatic rings. The number of nitrogens with zero attached hydrogens (tertiary/aromatic N) is 4. The molecule has 0 atom stereocenters. The summed E-state index contributed by atoms with van der Waals surface area (Å²) in [6.07, 6.45) is 8.54. The summed E-state index contributed by atoms with van der Waals surface area (Å²) in [5.41, 5.74) is 0.156. The molecule has 2 aliphatic heterocycles. The van der Waals surface area contributed by atoms with Crippen molar-refractivity contribution in [2.75, 3.05) is 37.7 Å². The minimum absolute atomic E-state index is 0.252. The van der Waals surface area contributed by atoms with Gasteiger partial charge in [0, 0.05) is 37.0 Å². The van der Waals surface area contributed by atoms with Crippen LogP contribution in [0.1, 0.15) is 53.4 Å². The molecule has 0 amide bonds. The third kappa shape index (κ3) is 4.60. The first-order chi connectivity index (χ1) is 13.8. The van der Waals surface area contributed by atoms with E-state index >= 15 is 0 Å². The lowest BCUT2D eigenvalue weighted by Gasteiger charge is -2.34. The number of rotatable bonds is 7. The van der Waals surface area contributed by atoms with Gasteiger partial charge in [-0.15, -0.1) is 0 Å². The van der Waals surface area contributed by atoms with Crippen molar-refractivity contribution >= 4 is 18.5 Å². The first kappa shape index (κ1) is 21.0. The highest BCUT2D eigenvalue weighted by Gasteiger charge is 2.52. The van der Waals surface area contributed by atoms with E-state index in [1.807, 2.05) is 12.4 Å². The highest BCUT2D eigenvalue weighted by molar-refractivity contribution is 6.61. The molecular weight excluding hydrogens is 367 g/mol. The molecule has 0 spiro atoms. The number of aromatic nitrogens is 2. The third-order valence-electron chi connectivity index (χ3n) is 7.01. The summed E-state index contributed by atoms with van der Waals surface area (Å²) < 4.78 is 12.2. The number of anilines is 1. The molecule has 1 aromatic rings. The summed E-state index contributed by atoms with van der Waals surface area (Å²) in [6.45, 7) is 12.5. The number of β-amino-alcohol motifs (C(OH)–C–C–N with tert-alkyl or cyclic N) is 1. The standard InChI is InChI=1S/C21H35BN4O3/c1-20(2)21(3,4)29-22(28-20)17-13-23-19(24-14-17)26(18-5-6-18)15-16-7-9-25(10-8-16)11-12-27/h13-14,16,18,27H,5-12,15H2,1-4H3. The second-order valence-corrected chi connectivity index (χ2v) is 9.80. The smallest absolute Gasteiger partial charge is 0.399 e. The van der Waals surface area contributed by atoms with Gasteiger partial charge in [0.25, 0.3) is 0 Å². The van der Waals surface area contributed by atoms with E-state index in [1.165, 1.54) is 25.7 Å². The maximum atomic E-state index is 9.13. The lowest BCUT2D eigenvalue weighted by Crippen LogP contribution is -2.41. The topological polar surface area (TPSA) is 71.0 Å². The Bertz CT molecular complexity index is 672. The average Bonchev–Trinajstić information content (AvgIpc) is 3.48. The van der Waals surface area contributed by atoms with Crippen molar-refractivity contribution in [3.05, 3.63) is 12.4 Å². The maximum Gasteiger partial charge on any atom is 0.498 e. The molecule has 2 saturated heterocycles. The molecule has 3 heterocycles. The summed E-state index contributed by atoms with van der Waals surface area (Å²) in [5.74, 6) is 1.49. The molecule has 1 N–H and O–H groups in total. The van der Waals surface area contributed by atoms with Crippen LogP contribution in [0.2, 0.25) is 0 Å². The van der Waals surface area contributed by atoms with Gasteiger partial charge in [0.2, 0.25) is 5.95 Å². The number of hydrogen-bond acceptors (Lipinski definition) is 7. The Labute approximate surface area is 174 Å². The summed E-state index contributed by atoms with van der Waals surface area (Å²) in [5, 5.41) is 9.13. The molecule has 160 valence electrons. The van der Waals surface area contributed by atoms with Gasteiger partial charge >= 0.3 is 7.12 Å². The van der Waals surface area contributed by atoms with Crippen LogP contribution in [0.15, 0.2) is 12.4 Å². The van der Waals surface area contributed by atoms with Crippen LogP contribution < -0.4 is 10.4 Å². The SMILES string of the molecule is CC1(C)OB(c2cnc(N(CC3CCN(CCO)CC3)C3CC3)nc2)OC1(C)C. The fourth-order valence-corrected chi connectivity index (χ4v) is 4.17. The zero-order chi connectivity index (χ0) is 20.6. The van der Waals surface area contributed by atoms with Crippen molar-refractivity contribution in [1.29, 1.82) is 0 Å². The van der Waals surface area contributed by atoms with E-state index in [2.05, 4.69) is 37.5 Å². The van der Waals surface area contributed by atoms with Crippen molar-refractivity contribution in [2.45, 2.75) is 70.6 Å². The quantitative estimate of drug-likeness (QED) is 0.693. The highest BCUT2D eigenvalue weighted by atomic mass is 16.7. The first-order valence-corrected chi connectivity index (χ1v) is 11.1. The summed E-state index contributed by atoms with van der Waals surface area (Å²) >= 11 is 0. The largest absolute Gasteiger partial charge is 0.498 e. The maximum absolute atomic E-state index is 9.13. The predicted octanol–water partition coefficient (Wildman–Crippen LogP) is 1.45. The van der Waals surface area contributed by atoms with E-state index in [-0.39, 0.29) is 17.8 Å². The molecule has 7 nitrogen and oxygen atoms in total. The summed E-state index contributed by atoms with van der Waals surface area (Å²) in [4.78, 5) is 14.2. The van der Waals surface area contributed by atoms with Gasteiger partial charge in [-0.1, -0.05) is 0 Å². The second-order valence-electron chi connectivity index (χ2n) is 9.80. The zero-order valence-electron chi connectivity index (χ0n) is 18.3. The molecule has 0 aromatic carbocycles. The van der Waals surface area contributed by atoms with Crippen molar-refractivity contribution < 1.29 is 14.4 Å². The predicted molar refractivity (Wildman–Crippen MR) is 114 cm³/mol. The van der Waals surface area contributed by atoms with Crippen LogP contribution >= 0.6 is 0 Å². The minimum Gasteiger partial charge on any atom is -0.399 e. The Morgan fingerprint density at radius 3 is 2.17 bits per heavy atom. The highest BCUT2D eigenvalue weighted by Crippen LogP contribution is 2.36. The second kappa shape index (κ2) is 8.14. The number of aliphatic hydroxyl groups is 1. The van der Waals surface area contributed by atoms with Gasteiger partial charge in [-0.05, 0) is 72.4 Å². The number of hydrogen-bond donors (Lipinski definition) is 1. The Kier molecular flexibility index (Phi) is 5.90. The van der Waals surface area contributed by atoms with Gasteiger partial charge in [-0.25, -0.2) is 9.97 Å². The van der Waals surface area contributed by atoms with Gasteiger partial charge in [-0.2, -0.15) is 0 Å². The van der Waals surface area contributed by atoms with Crippen LogP contribution in [-0.2, 0) is 9.31 Å². The molecule has 0 bridgehead atoms. The van der Waals surface area contributed by atoms with Gasteiger partial charge in [-0.3, -0.25) is 0 Å². The van der Waals surface area contributed by atoms with Crippen molar-refractivity contribution in [3.63, 3.8) is 0 Å². The molecule has 0 unspecified atom stereocenters. The van der Waals surface area contributed by atoms with Gasteiger partial charge < -0.3 is 24.2 Å². The van der Waals surface area contributed by atoms with Crippen molar-refractivity contribution in [1.82, 2.24) is 14.9 Å². The van der Waals surface area contributed by atoms with E-state index in [0.29, 0.717) is 12.0 Å². The lowest BCUT2D eigenvalue weighted by molar-refractivity contribution is 0.00578. The lowest BCUT2D eigenvalue weighted by atomic mass is 9.81. The van der Waals surface area contributed by atoms with Crippen LogP contribution in [0.25, 0.3) is 0 Å². The molecule has 1 saturated carbocycles. The fraction of sp³-hybridized carbons (Fsp3) is 0.810.